The average molecular weight is 365 g/mol. The van der Waals surface area contributed by atoms with E-state index in [1.807, 2.05) is 0 Å². The van der Waals surface area contributed by atoms with Crippen LogP contribution in [0.15, 0.2) is 23.1 Å². The second-order valence-electron chi connectivity index (χ2n) is 5.85. The standard InChI is InChI=1S/C14H18F3N3O3S/c15-14(16,17)11-7-10(3-4-12(11)24(19,22)23)20-5-1-2-9(8-20)6-13(18)21/h3-4,7,9H,1-2,5-6,8H2,(H2,18,21)(H2,19,22,23). The third-order valence-electron chi connectivity index (χ3n) is 3.95. The van der Waals surface area contributed by atoms with Crippen LogP contribution >= 0.6 is 0 Å². The number of amides is 1. The number of halogens is 3. The molecule has 6 nitrogen and oxygen atoms in total. The number of rotatable bonds is 4. The Kier molecular flexibility index (Phi) is 5.09. The van der Waals surface area contributed by atoms with E-state index in [9.17, 15) is 26.4 Å². The van der Waals surface area contributed by atoms with Crippen LogP contribution in [0.2, 0.25) is 0 Å². The van der Waals surface area contributed by atoms with E-state index in [1.165, 1.54) is 6.07 Å². The zero-order valence-corrected chi connectivity index (χ0v) is 13.5. The van der Waals surface area contributed by atoms with Gasteiger partial charge in [-0.2, -0.15) is 13.2 Å². The van der Waals surface area contributed by atoms with Crippen LogP contribution in [0.25, 0.3) is 0 Å². The van der Waals surface area contributed by atoms with Gasteiger partial charge in [-0.3, -0.25) is 4.79 Å². The van der Waals surface area contributed by atoms with Crippen molar-refractivity contribution in [1.29, 1.82) is 0 Å². The van der Waals surface area contributed by atoms with E-state index < -0.39 is 32.6 Å². The van der Waals surface area contributed by atoms with Crippen molar-refractivity contribution in [1.82, 2.24) is 0 Å². The topological polar surface area (TPSA) is 106 Å². The third kappa shape index (κ3) is 4.38. The highest BCUT2D eigenvalue weighted by molar-refractivity contribution is 7.89. The Hall–Kier alpha value is -1.81. The van der Waals surface area contributed by atoms with Gasteiger partial charge < -0.3 is 10.6 Å². The van der Waals surface area contributed by atoms with Crippen LogP contribution in [-0.2, 0) is 21.0 Å². The maximum Gasteiger partial charge on any atom is 0.417 e. The molecular formula is C14H18F3N3O3S. The molecule has 1 aromatic rings. The maximum atomic E-state index is 13.2. The lowest BCUT2D eigenvalue weighted by Gasteiger charge is -2.34. The van der Waals surface area contributed by atoms with E-state index in [-0.39, 0.29) is 18.0 Å². The third-order valence-corrected chi connectivity index (χ3v) is 4.92. The molecule has 1 unspecified atom stereocenters. The van der Waals surface area contributed by atoms with Crippen LogP contribution in [0.3, 0.4) is 0 Å². The summed E-state index contributed by atoms with van der Waals surface area (Å²) in [5, 5.41) is 4.87. The van der Waals surface area contributed by atoms with Gasteiger partial charge in [-0.15, -0.1) is 0 Å². The van der Waals surface area contributed by atoms with Crippen LogP contribution in [0.4, 0.5) is 18.9 Å². The number of carbonyl (C=O) groups excluding carboxylic acids is 1. The van der Waals surface area contributed by atoms with Gasteiger partial charge in [0.15, 0.2) is 0 Å². The second kappa shape index (κ2) is 6.60. The summed E-state index contributed by atoms with van der Waals surface area (Å²) in [6.07, 6.45) is -3.21. The van der Waals surface area contributed by atoms with Crippen molar-refractivity contribution < 1.29 is 26.4 Å². The quantitative estimate of drug-likeness (QED) is 0.842. The fraction of sp³-hybridized carbons (Fsp3) is 0.500. The Bertz CT molecular complexity index is 735. The summed E-state index contributed by atoms with van der Waals surface area (Å²) in [6, 6.07) is 2.94. The van der Waals surface area contributed by atoms with Crippen molar-refractivity contribution >= 4 is 21.6 Å². The lowest BCUT2D eigenvalue weighted by molar-refractivity contribution is -0.139. The minimum absolute atomic E-state index is 0.0384. The SMILES string of the molecule is NC(=O)CC1CCCN(c2ccc(S(N)(=O)=O)c(C(F)(F)F)c2)C1. The van der Waals surface area contributed by atoms with Crippen LogP contribution in [0.5, 0.6) is 0 Å². The predicted octanol–water partition coefficient (Wildman–Crippen LogP) is 1.44. The predicted molar refractivity (Wildman–Crippen MR) is 81.6 cm³/mol. The number of sulfonamides is 1. The molecule has 134 valence electrons. The summed E-state index contributed by atoms with van der Waals surface area (Å²) >= 11 is 0. The van der Waals surface area contributed by atoms with Crippen LogP contribution in [0.1, 0.15) is 24.8 Å². The fourth-order valence-corrected chi connectivity index (χ4v) is 3.67. The Morgan fingerprint density at radius 1 is 1.33 bits per heavy atom. The van der Waals surface area contributed by atoms with E-state index in [2.05, 4.69) is 0 Å². The number of nitrogens with zero attached hydrogens (tertiary/aromatic N) is 1. The Balaban J connectivity index is 2.36. The van der Waals surface area contributed by atoms with Crippen molar-refractivity contribution in [3.63, 3.8) is 0 Å². The summed E-state index contributed by atoms with van der Waals surface area (Å²) in [4.78, 5) is 11.8. The van der Waals surface area contributed by atoms with Gasteiger partial charge in [-0.05, 0) is 37.0 Å². The first kappa shape index (κ1) is 18.5. The zero-order chi connectivity index (χ0) is 18.1. The van der Waals surface area contributed by atoms with Crippen molar-refractivity contribution in [2.45, 2.75) is 30.3 Å². The smallest absolute Gasteiger partial charge is 0.371 e. The molecule has 2 rings (SSSR count). The number of nitrogens with two attached hydrogens (primary N) is 2. The first-order valence-electron chi connectivity index (χ1n) is 7.26. The number of carbonyl (C=O) groups is 1. The van der Waals surface area contributed by atoms with E-state index in [1.54, 1.807) is 4.90 Å². The van der Waals surface area contributed by atoms with Crippen molar-refractivity contribution in [2.75, 3.05) is 18.0 Å². The summed E-state index contributed by atoms with van der Waals surface area (Å²) < 4.78 is 62.3. The molecule has 1 amide bonds. The molecule has 1 heterocycles. The van der Waals surface area contributed by atoms with Crippen LogP contribution < -0.4 is 15.8 Å². The highest BCUT2D eigenvalue weighted by atomic mass is 32.2. The summed E-state index contributed by atoms with van der Waals surface area (Å²) in [5.41, 5.74) is 4.12. The molecule has 0 bridgehead atoms. The highest BCUT2D eigenvalue weighted by Crippen LogP contribution is 2.37. The first-order valence-corrected chi connectivity index (χ1v) is 8.80. The summed E-state index contributed by atoms with van der Waals surface area (Å²) in [7, 11) is -4.49. The van der Waals surface area contributed by atoms with Gasteiger partial charge in [-0.1, -0.05) is 0 Å². The molecule has 1 aliphatic heterocycles. The molecule has 1 saturated heterocycles. The molecule has 1 aliphatic rings. The molecule has 1 atom stereocenters. The maximum absolute atomic E-state index is 13.2. The molecule has 0 aromatic heterocycles. The van der Waals surface area contributed by atoms with Crippen LogP contribution in [0, 0.1) is 5.92 Å². The number of primary amides is 1. The molecule has 0 spiro atoms. The average Bonchev–Trinajstić information content (AvgIpc) is 2.44. The number of anilines is 1. The van der Waals surface area contributed by atoms with Gasteiger partial charge >= 0.3 is 6.18 Å². The van der Waals surface area contributed by atoms with Crippen molar-refractivity contribution in [3.8, 4) is 0 Å². The first-order chi connectivity index (χ1) is 11.0. The monoisotopic (exact) mass is 365 g/mol. The zero-order valence-electron chi connectivity index (χ0n) is 12.7. The second-order valence-corrected chi connectivity index (χ2v) is 7.38. The molecule has 0 radical (unpaired) electrons. The van der Waals surface area contributed by atoms with Crippen molar-refractivity contribution in [3.05, 3.63) is 23.8 Å². The highest BCUT2D eigenvalue weighted by Gasteiger charge is 2.37. The van der Waals surface area contributed by atoms with Crippen LogP contribution in [-0.4, -0.2) is 27.4 Å². The molecule has 4 N–H and O–H groups in total. The van der Waals surface area contributed by atoms with Crippen molar-refractivity contribution in [2.24, 2.45) is 16.8 Å². The Morgan fingerprint density at radius 2 is 2.00 bits per heavy atom. The number of primary sulfonamides is 1. The minimum atomic E-state index is -4.85. The summed E-state index contributed by atoms with van der Waals surface area (Å²) in [6.45, 7) is 0.899. The van der Waals surface area contributed by atoms with Gasteiger partial charge in [0.05, 0.1) is 10.5 Å². The van der Waals surface area contributed by atoms with Gasteiger partial charge in [0.2, 0.25) is 15.9 Å². The molecule has 0 aliphatic carbocycles. The molecule has 24 heavy (non-hydrogen) atoms. The number of piperidine rings is 1. The van der Waals surface area contributed by atoms with E-state index in [0.29, 0.717) is 19.5 Å². The fourth-order valence-electron chi connectivity index (χ4n) is 2.94. The number of alkyl halides is 3. The normalized spacial score (nSPS) is 19.3. The van der Waals surface area contributed by atoms with E-state index in [4.69, 9.17) is 10.9 Å². The largest absolute Gasteiger partial charge is 0.417 e. The molecule has 0 saturated carbocycles. The number of benzene rings is 1. The number of hydrogen-bond acceptors (Lipinski definition) is 4. The molecule has 10 heteroatoms. The minimum Gasteiger partial charge on any atom is -0.371 e. The lowest BCUT2D eigenvalue weighted by Crippen LogP contribution is -2.37. The Morgan fingerprint density at radius 3 is 2.54 bits per heavy atom. The van der Waals surface area contributed by atoms with Gasteiger partial charge in [0.25, 0.3) is 0 Å². The molecule has 1 aromatic carbocycles. The number of hydrogen-bond donors (Lipinski definition) is 2. The Labute approximate surface area is 137 Å². The van der Waals surface area contributed by atoms with Gasteiger partial charge in [0.1, 0.15) is 0 Å². The van der Waals surface area contributed by atoms with E-state index >= 15 is 0 Å². The molecular weight excluding hydrogens is 347 g/mol. The van der Waals surface area contributed by atoms with Gasteiger partial charge in [-0.25, -0.2) is 13.6 Å². The summed E-state index contributed by atoms with van der Waals surface area (Å²) in [5.74, 6) is -0.495. The van der Waals surface area contributed by atoms with E-state index in [0.717, 1.165) is 18.6 Å². The molecule has 1 fully saturated rings. The lowest BCUT2D eigenvalue weighted by atomic mass is 9.94. The van der Waals surface area contributed by atoms with Gasteiger partial charge in [0, 0.05) is 25.2 Å².